The second kappa shape index (κ2) is 19.2. The van der Waals surface area contributed by atoms with Crippen LogP contribution in [0.1, 0.15) is 48.2 Å². The van der Waals surface area contributed by atoms with Crippen molar-refractivity contribution in [2.24, 2.45) is 0 Å². The first kappa shape index (κ1) is 38.5. The van der Waals surface area contributed by atoms with Crippen molar-refractivity contribution in [1.82, 2.24) is 36.5 Å². The van der Waals surface area contributed by atoms with Gasteiger partial charge in [0.2, 0.25) is 23.6 Å². The molecule has 0 bridgehead atoms. The third-order valence-electron chi connectivity index (χ3n) is 9.31. The van der Waals surface area contributed by atoms with Gasteiger partial charge in [0, 0.05) is 49.6 Å². The highest BCUT2D eigenvalue weighted by Gasteiger charge is 2.31. The van der Waals surface area contributed by atoms with Crippen LogP contribution in [0.4, 0.5) is 0 Å². The van der Waals surface area contributed by atoms with Crippen molar-refractivity contribution in [2.75, 3.05) is 39.3 Å². The maximum Gasteiger partial charge on any atom is 0.255 e. The fraction of sp³-hybridized carbons (Fsp3) is 0.375. The van der Waals surface area contributed by atoms with Crippen LogP contribution in [0.3, 0.4) is 0 Å². The molecule has 6 N–H and O–H groups in total. The van der Waals surface area contributed by atoms with E-state index in [1.165, 1.54) is 0 Å². The van der Waals surface area contributed by atoms with Crippen molar-refractivity contribution in [1.29, 1.82) is 0 Å². The van der Waals surface area contributed by atoms with Crippen LogP contribution in [0.2, 0.25) is 0 Å². The lowest BCUT2D eigenvalue weighted by Crippen LogP contribution is -2.56. The molecule has 3 aromatic carbocycles. The maximum atomic E-state index is 14.1. The first-order valence-electron chi connectivity index (χ1n) is 18.2. The Kier molecular flexibility index (Phi) is 14.0. The van der Waals surface area contributed by atoms with Crippen LogP contribution in [0.25, 0.3) is 10.9 Å². The maximum absolute atomic E-state index is 14.1. The summed E-state index contributed by atoms with van der Waals surface area (Å²) in [5.74, 6) is -2.42. The molecule has 4 aromatic rings. The summed E-state index contributed by atoms with van der Waals surface area (Å²) < 4.78 is 5.94. The molecule has 5 amide bonds. The van der Waals surface area contributed by atoms with E-state index in [2.05, 4.69) is 36.5 Å². The van der Waals surface area contributed by atoms with Crippen molar-refractivity contribution in [3.8, 4) is 5.75 Å². The second-order valence-electron chi connectivity index (χ2n) is 13.0. The lowest BCUT2D eigenvalue weighted by molar-refractivity contribution is -0.133. The van der Waals surface area contributed by atoms with E-state index < -0.39 is 48.2 Å². The summed E-state index contributed by atoms with van der Waals surface area (Å²) in [4.78, 5) is 74.2. The van der Waals surface area contributed by atoms with Gasteiger partial charge in [0.05, 0.1) is 18.6 Å². The molecule has 1 aliphatic rings. The predicted octanol–water partition coefficient (Wildman–Crippen LogP) is 2.47. The molecule has 1 aromatic heterocycles. The number of likely N-dealkylation sites (N-methyl/N-ethyl adjacent to an activating group) is 1. The van der Waals surface area contributed by atoms with Gasteiger partial charge in [0.25, 0.3) is 5.91 Å². The van der Waals surface area contributed by atoms with Crippen LogP contribution in [-0.4, -0.2) is 96.9 Å². The van der Waals surface area contributed by atoms with E-state index >= 15 is 0 Å². The lowest BCUT2D eigenvalue weighted by atomic mass is 10.0. The largest absolute Gasteiger partial charge is 0.493 e. The Labute approximate surface area is 309 Å². The van der Waals surface area contributed by atoms with Gasteiger partial charge in [-0.1, -0.05) is 74.5 Å². The monoisotopic (exact) mass is 723 g/mol. The second-order valence-corrected chi connectivity index (χ2v) is 13.0. The molecule has 280 valence electrons. The number of ether oxygens (including phenoxy) is 1. The number of rotatable bonds is 10. The number of aromatic nitrogens is 1. The van der Waals surface area contributed by atoms with Crippen LogP contribution in [0, 0.1) is 0 Å². The fourth-order valence-electron chi connectivity index (χ4n) is 6.31. The molecule has 3 atom stereocenters. The van der Waals surface area contributed by atoms with Crippen LogP contribution in [0.15, 0.2) is 85.1 Å². The number of nitrogens with zero attached hydrogens (tertiary/aromatic N) is 1. The highest BCUT2D eigenvalue weighted by atomic mass is 16.5. The first-order chi connectivity index (χ1) is 25.7. The van der Waals surface area contributed by atoms with Crippen LogP contribution < -0.4 is 31.3 Å². The third-order valence-corrected chi connectivity index (χ3v) is 9.31. The molecule has 0 radical (unpaired) electrons. The Balaban J connectivity index is 1.45. The molecule has 0 fully saturated rings. The Morgan fingerprint density at radius 1 is 0.830 bits per heavy atom. The van der Waals surface area contributed by atoms with E-state index in [0.717, 1.165) is 35.1 Å². The van der Waals surface area contributed by atoms with Crippen molar-refractivity contribution in [2.45, 2.75) is 57.7 Å². The van der Waals surface area contributed by atoms with E-state index in [1.807, 2.05) is 68.4 Å². The molecule has 0 saturated heterocycles. The Morgan fingerprint density at radius 3 is 2.34 bits per heavy atom. The van der Waals surface area contributed by atoms with E-state index in [-0.39, 0.29) is 37.5 Å². The zero-order chi connectivity index (χ0) is 37.6. The standard InChI is InChI=1S/C40H49N7O6/c1-3-47(4-2)21-20-42-39(51)34-25-36(48)44-33(24-28-26-43-31-17-10-8-15-29(28)31)40(52)46-32(23-27-13-6-5-7-14-27)38(50)41-19-12-22-53-35-18-11-9-16-30(35)37(49)45-34/h5-11,13-18,26,32-34,43H,3-4,12,19-25H2,1-2H3,(H,41,50)(H,42,51)(H,44,48)(H,45,49)(H,46,52)/t32-,33-,34-/m0/s1. The van der Waals surface area contributed by atoms with E-state index in [9.17, 15) is 24.0 Å². The summed E-state index contributed by atoms with van der Waals surface area (Å²) >= 11 is 0. The van der Waals surface area contributed by atoms with E-state index in [4.69, 9.17) is 4.74 Å². The number of benzene rings is 3. The van der Waals surface area contributed by atoms with Gasteiger partial charge in [0.15, 0.2) is 0 Å². The number of nitrogens with one attached hydrogen (secondary N) is 6. The number of H-pyrrole nitrogens is 1. The molecule has 13 nitrogen and oxygen atoms in total. The van der Waals surface area contributed by atoms with Crippen molar-refractivity contribution in [3.05, 3.63) is 102 Å². The third kappa shape index (κ3) is 10.9. The van der Waals surface area contributed by atoms with Gasteiger partial charge in [0.1, 0.15) is 23.9 Å². The highest BCUT2D eigenvalue weighted by Crippen LogP contribution is 2.21. The quantitative estimate of drug-likeness (QED) is 0.146. The summed E-state index contributed by atoms with van der Waals surface area (Å²) in [6.45, 7) is 7.00. The minimum atomic E-state index is -1.26. The summed E-state index contributed by atoms with van der Waals surface area (Å²) in [5.41, 5.74) is 2.68. The smallest absolute Gasteiger partial charge is 0.255 e. The number of fused-ring (bicyclic) bond motifs is 2. The zero-order valence-electron chi connectivity index (χ0n) is 30.3. The van der Waals surface area contributed by atoms with Gasteiger partial charge in [-0.2, -0.15) is 0 Å². The fourth-order valence-corrected chi connectivity index (χ4v) is 6.31. The topological polar surface area (TPSA) is 174 Å². The molecule has 5 rings (SSSR count). The zero-order valence-corrected chi connectivity index (χ0v) is 30.3. The molecule has 0 unspecified atom stereocenters. The molecule has 1 aliphatic heterocycles. The molecule has 0 spiro atoms. The van der Waals surface area contributed by atoms with Crippen molar-refractivity contribution >= 4 is 40.4 Å². The predicted molar refractivity (Wildman–Crippen MR) is 202 cm³/mol. The number of para-hydroxylation sites is 2. The molecule has 2 heterocycles. The highest BCUT2D eigenvalue weighted by molar-refractivity contribution is 6.01. The molecule has 53 heavy (non-hydrogen) atoms. The van der Waals surface area contributed by atoms with Crippen LogP contribution in [0.5, 0.6) is 5.75 Å². The number of hydrogen-bond donors (Lipinski definition) is 6. The molecule has 13 heteroatoms. The van der Waals surface area contributed by atoms with E-state index in [1.54, 1.807) is 30.5 Å². The van der Waals surface area contributed by atoms with Gasteiger partial charge in [-0.05, 0) is 48.8 Å². The number of carbonyl (C=O) groups excluding carboxylic acids is 5. The number of carbonyl (C=O) groups is 5. The van der Waals surface area contributed by atoms with Gasteiger partial charge in [-0.3, -0.25) is 24.0 Å². The van der Waals surface area contributed by atoms with Crippen molar-refractivity contribution < 1.29 is 28.7 Å². The Hall–Kier alpha value is -5.69. The van der Waals surface area contributed by atoms with Crippen LogP contribution in [-0.2, 0) is 32.0 Å². The van der Waals surface area contributed by atoms with Gasteiger partial charge in [-0.25, -0.2) is 0 Å². The normalized spacial score (nSPS) is 19.1. The Bertz CT molecular complexity index is 1860. The van der Waals surface area contributed by atoms with Gasteiger partial charge >= 0.3 is 0 Å². The molecular weight excluding hydrogens is 674 g/mol. The average molecular weight is 724 g/mol. The number of amides is 5. The minimum absolute atomic E-state index is 0.0963. The van der Waals surface area contributed by atoms with Crippen LogP contribution >= 0.6 is 0 Å². The summed E-state index contributed by atoms with van der Waals surface area (Å²) in [6, 6.07) is 20.3. The number of aromatic amines is 1. The SMILES string of the molecule is CCN(CC)CCNC(=O)[C@@H]1CC(=O)N[C@@H](Cc2c[nH]c3ccccc23)C(=O)N[C@@H](Cc2ccccc2)C(=O)NCCCOc2ccccc2C(=O)N1. The average Bonchev–Trinajstić information content (AvgIpc) is 3.58. The van der Waals surface area contributed by atoms with E-state index in [0.29, 0.717) is 25.3 Å². The molecule has 0 saturated carbocycles. The summed E-state index contributed by atoms with van der Waals surface area (Å²) in [7, 11) is 0. The minimum Gasteiger partial charge on any atom is -0.493 e. The summed E-state index contributed by atoms with van der Waals surface area (Å²) in [6.07, 6.45) is 2.08. The van der Waals surface area contributed by atoms with Crippen molar-refractivity contribution in [3.63, 3.8) is 0 Å². The van der Waals surface area contributed by atoms with Gasteiger partial charge in [-0.15, -0.1) is 0 Å². The number of hydrogen-bond acceptors (Lipinski definition) is 7. The Morgan fingerprint density at radius 2 is 1.55 bits per heavy atom. The summed E-state index contributed by atoms with van der Waals surface area (Å²) in [5, 5.41) is 15.1. The molecular formula is C40H49N7O6. The first-order valence-corrected chi connectivity index (χ1v) is 18.2. The molecule has 0 aliphatic carbocycles. The lowest BCUT2D eigenvalue weighted by Gasteiger charge is -2.25. The van der Waals surface area contributed by atoms with Gasteiger partial charge < -0.3 is 41.2 Å².